The van der Waals surface area contributed by atoms with E-state index in [0.29, 0.717) is 35.4 Å². The van der Waals surface area contributed by atoms with Crippen molar-refractivity contribution in [3.63, 3.8) is 0 Å². The molecular weight excluding hydrogens is 446 g/mol. The molecular formula is C16H12Cl4N8. The lowest BCUT2D eigenvalue weighted by Crippen LogP contribution is -2.02. The number of halogens is 4. The average molecular weight is 458 g/mol. The van der Waals surface area contributed by atoms with Crippen molar-refractivity contribution < 1.29 is 0 Å². The molecule has 0 amide bonds. The minimum atomic E-state index is 0.0688. The lowest BCUT2D eigenvalue weighted by atomic mass is 10.4. The van der Waals surface area contributed by atoms with Crippen molar-refractivity contribution in [1.29, 1.82) is 0 Å². The normalized spacial score (nSPS) is 12.1. The van der Waals surface area contributed by atoms with Gasteiger partial charge in [0.05, 0.1) is 0 Å². The molecule has 4 aromatic rings. The molecule has 0 aliphatic heterocycles. The van der Waals surface area contributed by atoms with Gasteiger partial charge in [-0.2, -0.15) is 9.97 Å². The zero-order valence-electron chi connectivity index (χ0n) is 14.7. The van der Waals surface area contributed by atoms with Crippen LogP contribution in [-0.4, -0.2) is 39.0 Å². The third kappa shape index (κ3) is 3.41. The molecule has 0 unspecified atom stereocenters. The van der Waals surface area contributed by atoms with Gasteiger partial charge in [0.1, 0.15) is 22.7 Å². The van der Waals surface area contributed by atoms with E-state index < -0.39 is 0 Å². The van der Waals surface area contributed by atoms with Crippen molar-refractivity contribution in [3.8, 4) is 0 Å². The number of rotatable bonds is 4. The highest BCUT2D eigenvalue weighted by molar-refractivity contribution is 6.35. The van der Waals surface area contributed by atoms with E-state index >= 15 is 0 Å². The van der Waals surface area contributed by atoms with E-state index in [2.05, 4.69) is 29.9 Å². The van der Waals surface area contributed by atoms with Crippen LogP contribution >= 0.6 is 46.4 Å². The fourth-order valence-electron chi connectivity index (χ4n) is 2.96. The molecule has 0 N–H and O–H groups in total. The second-order valence-electron chi connectivity index (χ2n) is 5.92. The van der Waals surface area contributed by atoms with Crippen LogP contribution in [0.5, 0.6) is 0 Å². The van der Waals surface area contributed by atoms with Crippen LogP contribution in [-0.2, 0) is 13.1 Å². The van der Waals surface area contributed by atoms with Crippen LogP contribution in [0.3, 0.4) is 0 Å². The Morgan fingerprint density at radius 3 is 1.43 bits per heavy atom. The van der Waals surface area contributed by atoms with Crippen molar-refractivity contribution in [1.82, 2.24) is 39.0 Å². The summed E-state index contributed by atoms with van der Waals surface area (Å²) < 4.78 is 3.83. The van der Waals surface area contributed by atoms with Gasteiger partial charge >= 0.3 is 0 Å². The number of fused-ring (bicyclic) bond motifs is 2. The van der Waals surface area contributed by atoms with Crippen LogP contribution in [0.1, 0.15) is 11.6 Å². The summed E-state index contributed by atoms with van der Waals surface area (Å²) >= 11 is 24.1. The van der Waals surface area contributed by atoms with Gasteiger partial charge in [0, 0.05) is 13.1 Å². The second kappa shape index (κ2) is 7.44. The van der Waals surface area contributed by atoms with Crippen LogP contribution in [0.2, 0.25) is 20.9 Å². The summed E-state index contributed by atoms with van der Waals surface area (Å²) in [6, 6.07) is 0. The van der Waals surface area contributed by atoms with Crippen LogP contribution in [0.15, 0.2) is 12.2 Å². The van der Waals surface area contributed by atoms with E-state index in [9.17, 15) is 0 Å². The van der Waals surface area contributed by atoms with E-state index in [1.807, 2.05) is 35.1 Å². The topological polar surface area (TPSA) is 87.2 Å². The Balaban J connectivity index is 1.61. The molecule has 0 aliphatic rings. The second-order valence-corrected chi connectivity index (χ2v) is 7.31. The zero-order valence-corrected chi connectivity index (χ0v) is 17.7. The van der Waals surface area contributed by atoms with Gasteiger partial charge in [-0.15, -0.1) is 0 Å². The smallest absolute Gasteiger partial charge is 0.225 e. The first-order chi connectivity index (χ1) is 13.3. The predicted molar refractivity (Wildman–Crippen MR) is 109 cm³/mol. The molecule has 4 heterocycles. The number of imidazole rings is 2. The van der Waals surface area contributed by atoms with Crippen molar-refractivity contribution in [2.24, 2.45) is 0 Å². The average Bonchev–Trinajstić information content (AvgIpc) is 3.07. The van der Waals surface area contributed by atoms with Crippen molar-refractivity contribution >= 4 is 68.7 Å². The lowest BCUT2D eigenvalue weighted by molar-refractivity contribution is 0.778. The van der Waals surface area contributed by atoms with Gasteiger partial charge < -0.3 is 9.13 Å². The summed E-state index contributed by atoms with van der Waals surface area (Å²) in [6.45, 7) is 4.81. The number of aryl methyl sites for hydroxylation is 2. The van der Waals surface area contributed by atoms with Gasteiger partial charge in [-0.05, 0) is 37.0 Å². The first kappa shape index (κ1) is 19.3. The molecule has 0 aromatic carbocycles. The monoisotopic (exact) mass is 456 g/mol. The molecule has 0 saturated carbocycles. The number of nitrogens with zero attached hydrogens (tertiary/aromatic N) is 8. The number of aromatic nitrogens is 8. The molecule has 4 aromatic heterocycles. The maximum atomic E-state index is 6.22. The third-order valence-corrected chi connectivity index (χ3v) is 5.06. The standard InChI is InChI=1S/C16H12Cl4N8/c1-7-21-13-9(11(17)23-15(19)25-13)27(7)5-3-4-6-28-8(2)22-14-10(28)12(18)24-16(20)26-14/h3-4H,5-6H2,1-2H3/b4-3+. The molecule has 0 saturated heterocycles. The summed E-state index contributed by atoms with van der Waals surface area (Å²) in [7, 11) is 0. The highest BCUT2D eigenvalue weighted by atomic mass is 35.5. The van der Waals surface area contributed by atoms with Crippen LogP contribution in [0.25, 0.3) is 22.3 Å². The minimum Gasteiger partial charge on any atom is -0.320 e. The molecule has 0 bridgehead atoms. The molecule has 0 radical (unpaired) electrons. The summed E-state index contributed by atoms with van der Waals surface area (Å²) in [5, 5.41) is 0.668. The Hall–Kier alpha value is -2.00. The Morgan fingerprint density at radius 2 is 1.04 bits per heavy atom. The highest BCUT2D eigenvalue weighted by Crippen LogP contribution is 2.24. The zero-order chi connectivity index (χ0) is 20.0. The molecule has 0 aliphatic carbocycles. The maximum Gasteiger partial charge on any atom is 0.225 e. The summed E-state index contributed by atoms with van der Waals surface area (Å²) in [5.74, 6) is 1.52. The molecule has 4 rings (SSSR count). The fourth-order valence-corrected chi connectivity index (χ4v) is 3.91. The van der Waals surface area contributed by atoms with E-state index in [4.69, 9.17) is 46.4 Å². The number of allylic oxidation sites excluding steroid dienone is 2. The van der Waals surface area contributed by atoms with Crippen LogP contribution in [0, 0.1) is 13.8 Å². The Bertz CT molecular complexity index is 1150. The lowest BCUT2D eigenvalue weighted by Gasteiger charge is -2.05. The summed E-state index contributed by atoms with van der Waals surface area (Å²) in [6.07, 6.45) is 3.96. The van der Waals surface area contributed by atoms with E-state index in [-0.39, 0.29) is 20.9 Å². The van der Waals surface area contributed by atoms with Crippen molar-refractivity contribution in [3.05, 3.63) is 44.7 Å². The molecule has 8 nitrogen and oxygen atoms in total. The first-order valence-electron chi connectivity index (χ1n) is 8.12. The fraction of sp³-hybridized carbons (Fsp3) is 0.250. The van der Waals surface area contributed by atoms with Crippen LogP contribution in [0.4, 0.5) is 0 Å². The largest absolute Gasteiger partial charge is 0.320 e. The maximum absolute atomic E-state index is 6.22. The molecule has 12 heteroatoms. The van der Waals surface area contributed by atoms with Crippen molar-refractivity contribution in [2.75, 3.05) is 0 Å². The van der Waals surface area contributed by atoms with Crippen molar-refractivity contribution in [2.45, 2.75) is 26.9 Å². The number of hydrogen-bond acceptors (Lipinski definition) is 6. The highest BCUT2D eigenvalue weighted by Gasteiger charge is 2.15. The molecule has 0 fully saturated rings. The Kier molecular flexibility index (Phi) is 5.13. The van der Waals surface area contributed by atoms with Crippen LogP contribution < -0.4 is 0 Å². The molecule has 28 heavy (non-hydrogen) atoms. The van der Waals surface area contributed by atoms with E-state index in [1.165, 1.54) is 0 Å². The summed E-state index contributed by atoms with van der Waals surface area (Å²) in [5.41, 5.74) is 2.22. The number of hydrogen-bond donors (Lipinski definition) is 0. The molecule has 144 valence electrons. The minimum absolute atomic E-state index is 0.0688. The van der Waals surface area contributed by atoms with Gasteiger partial charge in [0.15, 0.2) is 21.6 Å². The Labute approximate surface area is 179 Å². The summed E-state index contributed by atoms with van der Waals surface area (Å²) in [4.78, 5) is 25.0. The van der Waals surface area contributed by atoms with E-state index in [1.54, 1.807) is 0 Å². The third-order valence-electron chi connectivity index (χ3n) is 4.19. The Morgan fingerprint density at radius 1 is 0.643 bits per heavy atom. The molecule has 0 atom stereocenters. The van der Waals surface area contributed by atoms with Gasteiger partial charge in [0.25, 0.3) is 0 Å². The van der Waals surface area contributed by atoms with Gasteiger partial charge in [-0.3, -0.25) is 0 Å². The quantitative estimate of drug-likeness (QED) is 0.255. The van der Waals surface area contributed by atoms with E-state index in [0.717, 1.165) is 11.6 Å². The van der Waals surface area contributed by atoms with Gasteiger partial charge in [-0.25, -0.2) is 19.9 Å². The van der Waals surface area contributed by atoms with Gasteiger partial charge in [-0.1, -0.05) is 35.4 Å². The predicted octanol–water partition coefficient (Wildman–Crippen LogP) is 4.45. The SMILES string of the molecule is Cc1nc2nc(Cl)nc(Cl)c2n1C/C=C/Cn1c(C)nc2nc(Cl)nc(Cl)c21. The molecule has 0 spiro atoms. The van der Waals surface area contributed by atoms with Gasteiger partial charge in [0.2, 0.25) is 10.6 Å². The first-order valence-corrected chi connectivity index (χ1v) is 9.63.